The molecule has 0 spiro atoms. The largest absolute Gasteiger partial charge is 0.481 e. The number of non-ortho nitro benzene ring substituents is 1. The average molecular weight is 358 g/mol. The molecule has 0 atom stereocenters. The molecule has 0 bridgehead atoms. The molecular formula is C17H12ClN3O4. The van der Waals surface area contributed by atoms with Gasteiger partial charge < -0.3 is 10.1 Å². The molecule has 0 radical (unpaired) electrons. The van der Waals surface area contributed by atoms with E-state index in [1.807, 2.05) is 0 Å². The van der Waals surface area contributed by atoms with Gasteiger partial charge >= 0.3 is 0 Å². The zero-order valence-electron chi connectivity index (χ0n) is 12.8. The normalized spacial score (nSPS) is 10.4. The van der Waals surface area contributed by atoms with E-state index in [-0.39, 0.29) is 12.3 Å². The van der Waals surface area contributed by atoms with Crippen molar-refractivity contribution in [1.82, 2.24) is 4.98 Å². The lowest BCUT2D eigenvalue weighted by Gasteiger charge is -2.10. The summed E-state index contributed by atoms with van der Waals surface area (Å²) in [6.45, 7) is -0.268. The van der Waals surface area contributed by atoms with Crippen molar-refractivity contribution >= 4 is 39.8 Å². The molecule has 0 aliphatic carbocycles. The highest BCUT2D eigenvalue weighted by Crippen LogP contribution is 2.29. The number of carbonyl (C=O) groups excluding carboxylic acids is 1. The standard InChI is InChI=1S/C17H12ClN3O4/c18-14-6-7-15(17-13(14)5-2-8-19-17)25-10-16(22)20-11-3-1-4-12(9-11)21(23)24/h1-9H,10H2,(H,20,22). The fourth-order valence-corrected chi connectivity index (χ4v) is 2.48. The Morgan fingerprint density at radius 2 is 2.08 bits per heavy atom. The Labute approximate surface area is 147 Å². The molecule has 7 nitrogen and oxygen atoms in total. The van der Waals surface area contributed by atoms with Gasteiger partial charge in [0.05, 0.1) is 9.95 Å². The number of nitro benzene ring substituents is 1. The molecule has 0 saturated heterocycles. The summed E-state index contributed by atoms with van der Waals surface area (Å²) >= 11 is 6.11. The number of rotatable bonds is 5. The summed E-state index contributed by atoms with van der Waals surface area (Å²) < 4.78 is 5.52. The number of fused-ring (bicyclic) bond motifs is 1. The summed E-state index contributed by atoms with van der Waals surface area (Å²) in [5.74, 6) is -0.0197. The minimum atomic E-state index is -0.530. The number of hydrogen-bond acceptors (Lipinski definition) is 5. The molecule has 1 aromatic heterocycles. The lowest BCUT2D eigenvalue weighted by Crippen LogP contribution is -2.20. The molecule has 0 fully saturated rings. The van der Waals surface area contributed by atoms with Crippen molar-refractivity contribution in [3.05, 3.63) is 69.9 Å². The third-order valence-corrected chi connectivity index (χ3v) is 3.71. The van der Waals surface area contributed by atoms with E-state index in [1.165, 1.54) is 18.2 Å². The smallest absolute Gasteiger partial charge is 0.271 e. The minimum absolute atomic E-state index is 0.105. The van der Waals surface area contributed by atoms with Gasteiger partial charge in [-0.25, -0.2) is 0 Å². The van der Waals surface area contributed by atoms with Crippen LogP contribution in [0.25, 0.3) is 10.9 Å². The van der Waals surface area contributed by atoms with E-state index in [2.05, 4.69) is 10.3 Å². The fourth-order valence-electron chi connectivity index (χ4n) is 2.27. The summed E-state index contributed by atoms with van der Waals surface area (Å²) in [5.41, 5.74) is 0.770. The average Bonchev–Trinajstić information content (AvgIpc) is 2.61. The van der Waals surface area contributed by atoms with Gasteiger partial charge in [0.2, 0.25) is 0 Å². The van der Waals surface area contributed by atoms with Gasteiger partial charge in [0.15, 0.2) is 6.61 Å². The zero-order valence-corrected chi connectivity index (χ0v) is 13.6. The second-order valence-electron chi connectivity index (χ2n) is 5.09. The van der Waals surface area contributed by atoms with E-state index in [9.17, 15) is 14.9 Å². The molecule has 0 aliphatic rings. The van der Waals surface area contributed by atoms with Crippen LogP contribution in [0.1, 0.15) is 0 Å². The Balaban J connectivity index is 1.70. The second-order valence-corrected chi connectivity index (χ2v) is 5.50. The molecule has 0 unspecified atom stereocenters. The predicted octanol–water partition coefficient (Wildman–Crippen LogP) is 3.81. The van der Waals surface area contributed by atoms with E-state index in [1.54, 1.807) is 36.5 Å². The van der Waals surface area contributed by atoms with Crippen molar-refractivity contribution in [2.24, 2.45) is 0 Å². The van der Waals surface area contributed by atoms with Crippen LogP contribution in [-0.2, 0) is 4.79 Å². The number of hydrogen-bond donors (Lipinski definition) is 1. The first-order valence-electron chi connectivity index (χ1n) is 7.25. The van der Waals surface area contributed by atoms with Crippen LogP contribution in [0, 0.1) is 10.1 Å². The number of nitrogens with one attached hydrogen (secondary N) is 1. The number of pyridine rings is 1. The number of aromatic nitrogens is 1. The fraction of sp³-hybridized carbons (Fsp3) is 0.0588. The third kappa shape index (κ3) is 3.84. The highest BCUT2D eigenvalue weighted by molar-refractivity contribution is 6.35. The van der Waals surface area contributed by atoms with Crippen LogP contribution < -0.4 is 10.1 Å². The molecule has 126 valence electrons. The number of nitro groups is 1. The van der Waals surface area contributed by atoms with E-state index >= 15 is 0 Å². The van der Waals surface area contributed by atoms with Gasteiger partial charge in [-0.2, -0.15) is 0 Å². The first-order chi connectivity index (χ1) is 12.0. The molecular weight excluding hydrogens is 346 g/mol. The van der Waals surface area contributed by atoms with Gasteiger partial charge in [0.1, 0.15) is 11.3 Å². The molecule has 3 rings (SSSR count). The molecule has 0 aliphatic heterocycles. The molecule has 8 heteroatoms. The minimum Gasteiger partial charge on any atom is -0.481 e. The van der Waals surface area contributed by atoms with E-state index < -0.39 is 10.8 Å². The Morgan fingerprint density at radius 1 is 1.24 bits per heavy atom. The lowest BCUT2D eigenvalue weighted by molar-refractivity contribution is -0.384. The zero-order chi connectivity index (χ0) is 17.8. The van der Waals surface area contributed by atoms with Crippen molar-refractivity contribution in [2.45, 2.75) is 0 Å². The number of amides is 1. The van der Waals surface area contributed by atoms with Crippen LogP contribution >= 0.6 is 11.6 Å². The number of halogens is 1. The highest BCUT2D eigenvalue weighted by atomic mass is 35.5. The van der Waals surface area contributed by atoms with Crippen LogP contribution in [0.3, 0.4) is 0 Å². The Kier molecular flexibility index (Phi) is 4.76. The van der Waals surface area contributed by atoms with Crippen molar-refractivity contribution in [3.8, 4) is 5.75 Å². The van der Waals surface area contributed by atoms with Gasteiger partial charge in [-0.3, -0.25) is 19.9 Å². The van der Waals surface area contributed by atoms with Crippen LogP contribution in [0.4, 0.5) is 11.4 Å². The summed E-state index contributed by atoms with van der Waals surface area (Å²) in [5, 5.41) is 14.6. The molecule has 1 amide bonds. The van der Waals surface area contributed by atoms with E-state index in [0.29, 0.717) is 22.0 Å². The summed E-state index contributed by atoms with van der Waals surface area (Å²) in [6, 6.07) is 12.5. The number of nitrogens with zero attached hydrogens (tertiary/aromatic N) is 2. The summed E-state index contributed by atoms with van der Waals surface area (Å²) in [6.07, 6.45) is 1.61. The van der Waals surface area contributed by atoms with Crippen LogP contribution in [0.15, 0.2) is 54.7 Å². The maximum absolute atomic E-state index is 12.0. The van der Waals surface area contributed by atoms with Gasteiger partial charge in [0.25, 0.3) is 11.6 Å². The number of carbonyl (C=O) groups is 1. The SMILES string of the molecule is O=C(COc1ccc(Cl)c2cccnc12)Nc1cccc([N+](=O)[O-])c1. The first kappa shape index (κ1) is 16.7. The quantitative estimate of drug-likeness (QED) is 0.553. The Hall–Kier alpha value is -3.19. The van der Waals surface area contributed by atoms with E-state index in [0.717, 1.165) is 5.39 Å². The molecule has 2 aromatic carbocycles. The van der Waals surface area contributed by atoms with Gasteiger partial charge in [-0.05, 0) is 30.3 Å². The Morgan fingerprint density at radius 3 is 2.88 bits per heavy atom. The highest BCUT2D eigenvalue weighted by Gasteiger charge is 2.11. The van der Waals surface area contributed by atoms with Crippen molar-refractivity contribution in [2.75, 3.05) is 11.9 Å². The summed E-state index contributed by atoms with van der Waals surface area (Å²) in [7, 11) is 0. The molecule has 3 aromatic rings. The Bertz CT molecular complexity index is 962. The molecule has 0 saturated carbocycles. The van der Waals surface area contributed by atoms with E-state index in [4.69, 9.17) is 16.3 Å². The van der Waals surface area contributed by atoms with Crippen molar-refractivity contribution < 1.29 is 14.5 Å². The summed E-state index contributed by atoms with van der Waals surface area (Å²) in [4.78, 5) is 26.5. The first-order valence-corrected chi connectivity index (χ1v) is 7.63. The molecule has 1 N–H and O–H groups in total. The monoisotopic (exact) mass is 357 g/mol. The number of ether oxygens (including phenoxy) is 1. The van der Waals surface area contributed by atoms with Crippen LogP contribution in [0.2, 0.25) is 5.02 Å². The van der Waals surface area contributed by atoms with Crippen LogP contribution in [-0.4, -0.2) is 22.4 Å². The number of benzene rings is 2. The van der Waals surface area contributed by atoms with Crippen molar-refractivity contribution in [3.63, 3.8) is 0 Å². The van der Waals surface area contributed by atoms with Crippen molar-refractivity contribution in [1.29, 1.82) is 0 Å². The molecule has 25 heavy (non-hydrogen) atoms. The van der Waals surface area contributed by atoms with Gasteiger partial charge in [-0.15, -0.1) is 0 Å². The lowest BCUT2D eigenvalue weighted by atomic mass is 10.2. The maximum Gasteiger partial charge on any atom is 0.271 e. The predicted molar refractivity (Wildman–Crippen MR) is 94.0 cm³/mol. The molecule has 1 heterocycles. The topological polar surface area (TPSA) is 94.4 Å². The van der Waals surface area contributed by atoms with Gasteiger partial charge in [-0.1, -0.05) is 17.7 Å². The third-order valence-electron chi connectivity index (χ3n) is 3.38. The van der Waals surface area contributed by atoms with Crippen LogP contribution in [0.5, 0.6) is 5.75 Å². The maximum atomic E-state index is 12.0. The van der Waals surface area contributed by atoms with Gasteiger partial charge in [0, 0.05) is 29.4 Å². The number of anilines is 1. The second kappa shape index (κ2) is 7.14.